The summed E-state index contributed by atoms with van der Waals surface area (Å²) in [5.41, 5.74) is 1.36. The highest BCUT2D eigenvalue weighted by atomic mass is 35.5. The maximum Gasteiger partial charge on any atom is 0.225 e. The Labute approximate surface area is 151 Å². The summed E-state index contributed by atoms with van der Waals surface area (Å²) < 4.78 is 10.6. The van der Waals surface area contributed by atoms with Gasteiger partial charge in [-0.3, -0.25) is 4.79 Å². The fraction of sp³-hybridized carbons (Fsp3) is 0.278. The summed E-state index contributed by atoms with van der Waals surface area (Å²) in [4.78, 5) is 12.3. The highest BCUT2D eigenvalue weighted by Crippen LogP contribution is 2.33. The van der Waals surface area contributed by atoms with Crippen LogP contribution in [0.5, 0.6) is 11.5 Å². The zero-order valence-corrected chi connectivity index (χ0v) is 15.2. The molecule has 0 aliphatic heterocycles. The molecule has 0 saturated heterocycles. The van der Waals surface area contributed by atoms with Crippen molar-refractivity contribution >= 4 is 34.8 Å². The van der Waals surface area contributed by atoms with E-state index in [2.05, 4.69) is 5.32 Å². The van der Waals surface area contributed by atoms with Gasteiger partial charge in [-0.05, 0) is 29.7 Å². The molecule has 0 spiro atoms. The number of rotatable bonds is 6. The van der Waals surface area contributed by atoms with Crippen molar-refractivity contribution in [3.05, 3.63) is 52.0 Å². The van der Waals surface area contributed by atoms with Crippen molar-refractivity contribution in [1.82, 2.24) is 0 Å². The molecule has 1 amide bonds. The van der Waals surface area contributed by atoms with Gasteiger partial charge in [0.25, 0.3) is 0 Å². The molecule has 2 aromatic carbocycles. The number of anilines is 1. The van der Waals surface area contributed by atoms with Crippen LogP contribution < -0.4 is 14.8 Å². The van der Waals surface area contributed by atoms with Crippen molar-refractivity contribution in [3.8, 4) is 11.5 Å². The van der Waals surface area contributed by atoms with Crippen molar-refractivity contribution < 1.29 is 14.3 Å². The Morgan fingerprint density at radius 3 is 2.38 bits per heavy atom. The summed E-state index contributed by atoms with van der Waals surface area (Å²) >= 11 is 12.2. The molecule has 2 aromatic rings. The van der Waals surface area contributed by atoms with E-state index < -0.39 is 0 Å². The van der Waals surface area contributed by atoms with Crippen molar-refractivity contribution in [2.75, 3.05) is 19.5 Å². The number of amides is 1. The average Bonchev–Trinajstić information content (AvgIpc) is 2.57. The molecular weight excluding hydrogens is 349 g/mol. The summed E-state index contributed by atoms with van der Waals surface area (Å²) in [6.45, 7) is 1.96. The molecule has 2 rings (SSSR count). The lowest BCUT2D eigenvalue weighted by Gasteiger charge is -2.17. The highest BCUT2D eigenvalue weighted by Gasteiger charge is 2.17. The standard InChI is InChI=1S/C18H19Cl2NO3/c1-11(13-8-7-12(23-2)10-16(13)24-3)9-17(22)21-18-14(19)5-4-6-15(18)20/h4-8,10-11H,9H2,1-3H3,(H,21,22). The number of hydrogen-bond acceptors (Lipinski definition) is 3. The third-order valence-corrected chi connectivity index (χ3v) is 4.32. The van der Waals surface area contributed by atoms with E-state index >= 15 is 0 Å². The number of benzene rings is 2. The van der Waals surface area contributed by atoms with Gasteiger partial charge in [-0.25, -0.2) is 0 Å². The third-order valence-electron chi connectivity index (χ3n) is 3.69. The number of para-hydroxylation sites is 1. The molecule has 0 bridgehead atoms. The molecule has 0 aromatic heterocycles. The quantitative estimate of drug-likeness (QED) is 0.768. The van der Waals surface area contributed by atoms with Crippen LogP contribution in [-0.2, 0) is 4.79 Å². The Morgan fingerprint density at radius 1 is 1.12 bits per heavy atom. The third kappa shape index (κ3) is 4.34. The molecule has 0 fully saturated rings. The summed E-state index contributed by atoms with van der Waals surface area (Å²) in [5.74, 6) is 1.17. The molecule has 1 N–H and O–H groups in total. The van der Waals surface area contributed by atoms with E-state index in [-0.39, 0.29) is 18.2 Å². The Morgan fingerprint density at radius 2 is 1.79 bits per heavy atom. The van der Waals surface area contributed by atoms with E-state index in [1.807, 2.05) is 19.1 Å². The van der Waals surface area contributed by atoms with Crippen LogP contribution in [0.25, 0.3) is 0 Å². The first-order valence-corrected chi connectivity index (χ1v) is 8.17. The number of halogens is 2. The van der Waals surface area contributed by atoms with Gasteiger partial charge in [-0.1, -0.05) is 42.3 Å². The van der Waals surface area contributed by atoms with E-state index in [4.69, 9.17) is 32.7 Å². The molecule has 4 nitrogen and oxygen atoms in total. The predicted molar refractivity (Wildman–Crippen MR) is 97.7 cm³/mol. The van der Waals surface area contributed by atoms with E-state index in [1.165, 1.54) is 0 Å². The van der Waals surface area contributed by atoms with Crippen LogP contribution in [0.4, 0.5) is 5.69 Å². The van der Waals surface area contributed by atoms with Gasteiger partial charge in [0.1, 0.15) is 11.5 Å². The van der Waals surface area contributed by atoms with E-state index in [9.17, 15) is 4.79 Å². The van der Waals surface area contributed by atoms with Crippen molar-refractivity contribution in [2.45, 2.75) is 19.3 Å². The number of nitrogens with one attached hydrogen (secondary N) is 1. The minimum atomic E-state index is -0.171. The first-order valence-electron chi connectivity index (χ1n) is 7.42. The Kier molecular flexibility index (Phi) is 6.35. The molecule has 0 aliphatic rings. The molecule has 0 heterocycles. The second kappa shape index (κ2) is 8.27. The lowest BCUT2D eigenvalue weighted by atomic mass is 9.96. The fourth-order valence-electron chi connectivity index (χ4n) is 2.42. The minimum absolute atomic E-state index is 0.0490. The number of hydrogen-bond donors (Lipinski definition) is 1. The second-order valence-corrected chi connectivity index (χ2v) is 6.17. The van der Waals surface area contributed by atoms with Gasteiger partial charge in [0.05, 0.1) is 30.0 Å². The number of carbonyl (C=O) groups excluding carboxylic acids is 1. The molecule has 128 valence electrons. The van der Waals surface area contributed by atoms with Crippen LogP contribution in [0.1, 0.15) is 24.8 Å². The van der Waals surface area contributed by atoms with Gasteiger partial charge in [0.2, 0.25) is 5.91 Å². The monoisotopic (exact) mass is 367 g/mol. The van der Waals surface area contributed by atoms with Crippen LogP contribution in [0.3, 0.4) is 0 Å². The zero-order chi connectivity index (χ0) is 17.7. The van der Waals surface area contributed by atoms with Crippen LogP contribution in [0.15, 0.2) is 36.4 Å². The molecule has 1 atom stereocenters. The van der Waals surface area contributed by atoms with Gasteiger partial charge in [-0.2, -0.15) is 0 Å². The number of ether oxygens (including phenoxy) is 2. The molecule has 0 aliphatic carbocycles. The largest absolute Gasteiger partial charge is 0.497 e. The predicted octanol–water partition coefficient (Wildman–Crippen LogP) is 5.14. The summed E-state index contributed by atoms with van der Waals surface area (Å²) in [7, 11) is 3.19. The number of carbonyl (C=O) groups is 1. The van der Waals surface area contributed by atoms with E-state index in [1.54, 1.807) is 38.5 Å². The van der Waals surface area contributed by atoms with Crippen LogP contribution in [0.2, 0.25) is 10.0 Å². The molecule has 1 unspecified atom stereocenters. The first kappa shape index (κ1) is 18.4. The molecule has 0 saturated carbocycles. The Hall–Kier alpha value is -1.91. The average molecular weight is 368 g/mol. The van der Waals surface area contributed by atoms with E-state index in [0.29, 0.717) is 27.2 Å². The molecule has 0 radical (unpaired) electrons. The summed E-state index contributed by atoms with van der Waals surface area (Å²) in [6, 6.07) is 10.6. The van der Waals surface area contributed by atoms with Gasteiger partial charge in [0.15, 0.2) is 0 Å². The lowest BCUT2D eigenvalue weighted by Crippen LogP contribution is -2.15. The van der Waals surface area contributed by atoms with Crippen LogP contribution in [0, 0.1) is 0 Å². The van der Waals surface area contributed by atoms with Gasteiger partial charge in [-0.15, -0.1) is 0 Å². The van der Waals surface area contributed by atoms with Gasteiger partial charge >= 0.3 is 0 Å². The van der Waals surface area contributed by atoms with Crippen molar-refractivity contribution in [2.24, 2.45) is 0 Å². The van der Waals surface area contributed by atoms with E-state index in [0.717, 1.165) is 5.56 Å². The normalized spacial score (nSPS) is 11.7. The topological polar surface area (TPSA) is 47.6 Å². The first-order chi connectivity index (χ1) is 11.5. The SMILES string of the molecule is COc1ccc(C(C)CC(=O)Nc2c(Cl)cccc2Cl)c(OC)c1. The highest BCUT2D eigenvalue weighted by molar-refractivity contribution is 6.39. The number of methoxy groups -OCH3 is 2. The summed E-state index contributed by atoms with van der Waals surface area (Å²) in [5, 5.41) is 3.59. The van der Waals surface area contributed by atoms with Crippen molar-refractivity contribution in [3.63, 3.8) is 0 Å². The Balaban J connectivity index is 2.12. The van der Waals surface area contributed by atoms with Gasteiger partial charge in [0, 0.05) is 12.5 Å². The van der Waals surface area contributed by atoms with Gasteiger partial charge < -0.3 is 14.8 Å². The minimum Gasteiger partial charge on any atom is -0.497 e. The summed E-state index contributed by atoms with van der Waals surface area (Å²) in [6.07, 6.45) is 0.268. The fourth-order valence-corrected chi connectivity index (χ4v) is 2.91. The maximum absolute atomic E-state index is 12.3. The van der Waals surface area contributed by atoms with Crippen LogP contribution in [-0.4, -0.2) is 20.1 Å². The zero-order valence-electron chi connectivity index (χ0n) is 13.7. The Bertz CT molecular complexity index is 714. The molecule has 6 heteroatoms. The lowest BCUT2D eigenvalue weighted by molar-refractivity contribution is -0.116. The molecule has 24 heavy (non-hydrogen) atoms. The molecular formula is C18H19Cl2NO3. The second-order valence-electron chi connectivity index (χ2n) is 5.36. The maximum atomic E-state index is 12.3. The van der Waals surface area contributed by atoms with Crippen LogP contribution >= 0.6 is 23.2 Å². The smallest absolute Gasteiger partial charge is 0.225 e. The van der Waals surface area contributed by atoms with Crippen molar-refractivity contribution in [1.29, 1.82) is 0 Å².